The molecule has 1 heterocycles. The molecule has 0 atom stereocenters. The van der Waals surface area contributed by atoms with Crippen molar-refractivity contribution in [3.05, 3.63) is 90.3 Å². The molecular formula is C25H20N2O5. The summed E-state index contributed by atoms with van der Waals surface area (Å²) in [7, 11) is 0. The van der Waals surface area contributed by atoms with Gasteiger partial charge in [-0.15, -0.1) is 0 Å². The maximum atomic E-state index is 11.6. The van der Waals surface area contributed by atoms with E-state index in [1.165, 1.54) is 12.1 Å². The lowest BCUT2D eigenvalue weighted by atomic mass is 9.99. The van der Waals surface area contributed by atoms with Gasteiger partial charge in [0.1, 0.15) is 24.7 Å². The molecule has 3 N–H and O–H groups in total. The van der Waals surface area contributed by atoms with Gasteiger partial charge in [-0.3, -0.25) is 9.78 Å². The number of hydrogen-bond acceptors (Lipinski definition) is 5. The van der Waals surface area contributed by atoms with Crippen molar-refractivity contribution in [1.29, 1.82) is 0 Å². The first-order chi connectivity index (χ1) is 15.5. The highest BCUT2D eigenvalue weighted by atomic mass is 16.5. The van der Waals surface area contributed by atoms with Crippen LogP contribution in [-0.4, -0.2) is 35.2 Å². The highest BCUT2D eigenvalue weighted by Crippen LogP contribution is 2.29. The Morgan fingerprint density at radius 3 is 2.00 bits per heavy atom. The average molecular weight is 428 g/mol. The molecule has 0 saturated heterocycles. The molecule has 4 aromatic rings. The Morgan fingerprint density at radius 2 is 1.41 bits per heavy atom. The van der Waals surface area contributed by atoms with Crippen LogP contribution in [0.1, 0.15) is 20.7 Å². The number of nitrogens with two attached hydrogens (primary N) is 1. The number of carboxylic acids is 1. The molecule has 7 nitrogen and oxygen atoms in total. The second-order valence-corrected chi connectivity index (χ2v) is 7.04. The van der Waals surface area contributed by atoms with Gasteiger partial charge in [0.15, 0.2) is 0 Å². The standard InChI is InChI=1S/C25H20N2O5/c26-24(28)18-1-2-19-14-27-15-23(22(19)13-18)16-3-7-20(8-4-16)31-11-12-32-21-9-5-17(6-10-21)25(29)30/h1-10,13-15H,11-12H2,(H2,26,28)(H,29,30). The molecular weight excluding hydrogens is 408 g/mol. The lowest BCUT2D eigenvalue weighted by Crippen LogP contribution is -2.10. The molecule has 0 bridgehead atoms. The normalized spacial score (nSPS) is 10.6. The van der Waals surface area contributed by atoms with E-state index < -0.39 is 11.9 Å². The van der Waals surface area contributed by atoms with Crippen LogP contribution in [0, 0.1) is 0 Å². The van der Waals surface area contributed by atoms with Gasteiger partial charge in [0.05, 0.1) is 5.56 Å². The fourth-order valence-corrected chi connectivity index (χ4v) is 3.29. The minimum absolute atomic E-state index is 0.209. The Bertz CT molecular complexity index is 1270. The van der Waals surface area contributed by atoms with E-state index in [-0.39, 0.29) is 5.56 Å². The molecule has 160 valence electrons. The lowest BCUT2D eigenvalue weighted by molar-refractivity contribution is 0.0696. The number of rotatable bonds is 8. The van der Waals surface area contributed by atoms with Gasteiger partial charge < -0.3 is 20.3 Å². The zero-order valence-electron chi connectivity index (χ0n) is 17.0. The summed E-state index contributed by atoms with van der Waals surface area (Å²) in [4.78, 5) is 26.7. The number of carbonyl (C=O) groups excluding carboxylic acids is 1. The number of ether oxygens (including phenoxy) is 2. The van der Waals surface area contributed by atoms with Crippen LogP contribution in [0.4, 0.5) is 0 Å². The molecule has 0 spiro atoms. The molecule has 32 heavy (non-hydrogen) atoms. The van der Waals surface area contributed by atoms with Crippen molar-refractivity contribution in [1.82, 2.24) is 4.98 Å². The molecule has 0 saturated carbocycles. The molecule has 0 aliphatic heterocycles. The number of nitrogens with zero attached hydrogens (tertiary/aromatic N) is 1. The van der Waals surface area contributed by atoms with Crippen LogP contribution >= 0.6 is 0 Å². The maximum absolute atomic E-state index is 11.6. The molecule has 0 aliphatic carbocycles. The summed E-state index contributed by atoms with van der Waals surface area (Å²) in [6.45, 7) is 0.648. The first kappa shape index (κ1) is 20.9. The van der Waals surface area contributed by atoms with Crippen LogP contribution in [0.5, 0.6) is 11.5 Å². The summed E-state index contributed by atoms with van der Waals surface area (Å²) in [6.07, 6.45) is 3.50. The topological polar surface area (TPSA) is 112 Å². The highest BCUT2D eigenvalue weighted by molar-refractivity contribution is 6.02. The summed E-state index contributed by atoms with van der Waals surface area (Å²) in [6, 6.07) is 19.1. The van der Waals surface area contributed by atoms with Crippen molar-refractivity contribution in [3.63, 3.8) is 0 Å². The van der Waals surface area contributed by atoms with Crippen LogP contribution in [0.25, 0.3) is 21.9 Å². The number of fused-ring (bicyclic) bond motifs is 1. The van der Waals surface area contributed by atoms with Crippen LogP contribution < -0.4 is 15.2 Å². The Labute approximate surface area is 184 Å². The van der Waals surface area contributed by atoms with Crippen LogP contribution in [0.15, 0.2) is 79.1 Å². The van der Waals surface area contributed by atoms with E-state index in [2.05, 4.69) is 4.98 Å². The predicted octanol–water partition coefficient (Wildman–Crippen LogP) is 4.16. The van der Waals surface area contributed by atoms with Crippen molar-refractivity contribution in [3.8, 4) is 22.6 Å². The van der Waals surface area contributed by atoms with Crippen molar-refractivity contribution < 1.29 is 24.2 Å². The Hall–Kier alpha value is -4.39. The Morgan fingerprint density at radius 1 is 0.812 bits per heavy atom. The molecule has 4 rings (SSSR count). The number of hydrogen-bond donors (Lipinski definition) is 2. The van der Waals surface area contributed by atoms with E-state index in [0.717, 1.165) is 21.9 Å². The largest absolute Gasteiger partial charge is 0.490 e. The van der Waals surface area contributed by atoms with E-state index in [1.54, 1.807) is 36.7 Å². The second-order valence-electron chi connectivity index (χ2n) is 7.04. The third kappa shape index (κ3) is 4.67. The van der Waals surface area contributed by atoms with Gasteiger partial charge >= 0.3 is 5.97 Å². The smallest absolute Gasteiger partial charge is 0.335 e. The van der Waals surface area contributed by atoms with Gasteiger partial charge in [-0.25, -0.2) is 4.79 Å². The summed E-state index contributed by atoms with van der Waals surface area (Å²) in [5.41, 5.74) is 7.91. The number of carboxylic acid groups (broad SMARTS) is 1. The molecule has 0 aliphatic rings. The van der Waals surface area contributed by atoms with Gasteiger partial charge in [-0.2, -0.15) is 0 Å². The number of aromatic nitrogens is 1. The zero-order valence-corrected chi connectivity index (χ0v) is 17.0. The first-order valence-corrected chi connectivity index (χ1v) is 9.88. The zero-order chi connectivity index (χ0) is 22.5. The summed E-state index contributed by atoms with van der Waals surface area (Å²) in [5.74, 6) is -0.188. The molecule has 0 radical (unpaired) electrons. The lowest BCUT2D eigenvalue weighted by Gasteiger charge is -2.10. The van der Waals surface area contributed by atoms with Crippen molar-refractivity contribution >= 4 is 22.6 Å². The van der Waals surface area contributed by atoms with Gasteiger partial charge in [0, 0.05) is 28.9 Å². The predicted molar refractivity (Wildman–Crippen MR) is 120 cm³/mol. The number of primary amides is 1. The minimum atomic E-state index is -0.976. The SMILES string of the molecule is NC(=O)c1ccc2cncc(-c3ccc(OCCOc4ccc(C(=O)O)cc4)cc3)c2c1. The van der Waals surface area contributed by atoms with E-state index in [0.29, 0.717) is 30.3 Å². The van der Waals surface area contributed by atoms with E-state index in [9.17, 15) is 9.59 Å². The first-order valence-electron chi connectivity index (χ1n) is 9.88. The van der Waals surface area contributed by atoms with Crippen LogP contribution in [-0.2, 0) is 0 Å². The van der Waals surface area contributed by atoms with Crippen LogP contribution in [0.3, 0.4) is 0 Å². The van der Waals surface area contributed by atoms with E-state index in [1.807, 2.05) is 30.3 Å². The van der Waals surface area contributed by atoms with Crippen molar-refractivity contribution in [2.75, 3.05) is 13.2 Å². The third-order valence-corrected chi connectivity index (χ3v) is 4.93. The second kappa shape index (κ2) is 9.18. The fourth-order valence-electron chi connectivity index (χ4n) is 3.29. The number of carbonyl (C=O) groups is 2. The quantitative estimate of drug-likeness (QED) is 0.408. The monoisotopic (exact) mass is 428 g/mol. The molecule has 0 unspecified atom stereocenters. The number of amides is 1. The van der Waals surface area contributed by atoms with Gasteiger partial charge in [-0.05, 0) is 59.5 Å². The average Bonchev–Trinajstić information content (AvgIpc) is 2.82. The maximum Gasteiger partial charge on any atom is 0.335 e. The van der Waals surface area contributed by atoms with Crippen molar-refractivity contribution in [2.24, 2.45) is 5.73 Å². The molecule has 1 amide bonds. The van der Waals surface area contributed by atoms with Gasteiger partial charge in [0.2, 0.25) is 5.91 Å². The summed E-state index contributed by atoms with van der Waals surface area (Å²) in [5, 5.41) is 10.7. The van der Waals surface area contributed by atoms with Gasteiger partial charge in [0.25, 0.3) is 0 Å². The van der Waals surface area contributed by atoms with E-state index >= 15 is 0 Å². The molecule has 0 fully saturated rings. The Kier molecular flexibility index (Phi) is 5.98. The molecule has 1 aromatic heterocycles. The van der Waals surface area contributed by atoms with Crippen molar-refractivity contribution in [2.45, 2.75) is 0 Å². The summed E-state index contributed by atoms with van der Waals surface area (Å²) >= 11 is 0. The Balaban J connectivity index is 1.40. The number of pyridine rings is 1. The number of aromatic carboxylic acids is 1. The van der Waals surface area contributed by atoms with E-state index in [4.69, 9.17) is 20.3 Å². The number of benzene rings is 3. The molecule has 7 heteroatoms. The fraction of sp³-hybridized carbons (Fsp3) is 0.0800. The minimum Gasteiger partial charge on any atom is -0.490 e. The van der Waals surface area contributed by atoms with Crippen LogP contribution in [0.2, 0.25) is 0 Å². The summed E-state index contributed by atoms with van der Waals surface area (Å²) < 4.78 is 11.3. The van der Waals surface area contributed by atoms with Gasteiger partial charge in [-0.1, -0.05) is 18.2 Å². The third-order valence-electron chi connectivity index (χ3n) is 4.93. The highest BCUT2D eigenvalue weighted by Gasteiger charge is 2.08. The molecule has 3 aromatic carbocycles.